The van der Waals surface area contributed by atoms with E-state index >= 15 is 0 Å². The van der Waals surface area contributed by atoms with Crippen LogP contribution in [0.3, 0.4) is 0 Å². The predicted octanol–water partition coefficient (Wildman–Crippen LogP) is 1.45. The van der Waals surface area contributed by atoms with Crippen LogP contribution >= 0.6 is 11.3 Å². The molecule has 0 aliphatic rings. The van der Waals surface area contributed by atoms with Crippen molar-refractivity contribution in [3.8, 4) is 0 Å². The monoisotopic (exact) mass is 186 g/mol. The van der Waals surface area contributed by atoms with Gasteiger partial charge >= 0.3 is 11.9 Å². The minimum absolute atomic E-state index is 0.111. The molecule has 1 aromatic rings. The van der Waals surface area contributed by atoms with Crippen LogP contribution in [0.4, 0.5) is 0 Å². The van der Waals surface area contributed by atoms with E-state index in [0.29, 0.717) is 4.88 Å². The first kappa shape index (κ1) is 8.73. The Bertz CT molecular complexity index is 308. The fourth-order valence-corrected chi connectivity index (χ4v) is 1.67. The maximum atomic E-state index is 10.5. The Labute approximate surface area is 72.1 Å². The van der Waals surface area contributed by atoms with Crippen molar-refractivity contribution in [2.24, 2.45) is 0 Å². The van der Waals surface area contributed by atoms with E-state index in [4.69, 9.17) is 10.2 Å². The minimum atomic E-state index is -1.20. The third-order valence-electron chi connectivity index (χ3n) is 1.28. The van der Waals surface area contributed by atoms with Crippen LogP contribution in [0.25, 0.3) is 0 Å². The largest absolute Gasteiger partial charge is 0.478 e. The van der Waals surface area contributed by atoms with Gasteiger partial charge in [0.2, 0.25) is 0 Å². The van der Waals surface area contributed by atoms with Gasteiger partial charge in [0, 0.05) is 4.88 Å². The molecule has 0 saturated heterocycles. The summed E-state index contributed by atoms with van der Waals surface area (Å²) >= 11 is 0.970. The maximum absolute atomic E-state index is 10.5. The number of thiophene rings is 1. The lowest BCUT2D eigenvalue weighted by Gasteiger charge is -1.89. The normalized spacial score (nSPS) is 9.75. The Kier molecular flexibility index (Phi) is 2.14. The smallest absolute Gasteiger partial charge is 0.346 e. The number of aryl methyl sites for hydroxylation is 1. The quantitative estimate of drug-likeness (QED) is 0.733. The molecule has 0 unspecified atom stereocenters. The van der Waals surface area contributed by atoms with Crippen LogP contribution in [0, 0.1) is 6.92 Å². The Morgan fingerprint density at radius 3 is 2.25 bits per heavy atom. The molecule has 0 amide bonds. The Balaban J connectivity index is 3.26. The fourth-order valence-electron chi connectivity index (χ4n) is 0.832. The SMILES string of the molecule is Cc1cc(C(=O)O)c(C(=O)O)s1. The van der Waals surface area contributed by atoms with Crippen molar-refractivity contribution in [3.05, 3.63) is 21.4 Å². The number of aromatic carboxylic acids is 2. The molecule has 4 nitrogen and oxygen atoms in total. The van der Waals surface area contributed by atoms with Crippen molar-refractivity contribution in [3.63, 3.8) is 0 Å². The fraction of sp³-hybridized carbons (Fsp3) is 0.143. The van der Waals surface area contributed by atoms with Crippen molar-refractivity contribution >= 4 is 23.3 Å². The second-order valence-electron chi connectivity index (χ2n) is 2.21. The molecule has 0 aliphatic heterocycles. The van der Waals surface area contributed by atoms with Gasteiger partial charge in [0.05, 0.1) is 5.56 Å². The Morgan fingerprint density at radius 1 is 1.33 bits per heavy atom. The summed E-state index contributed by atoms with van der Waals surface area (Å²) in [6.45, 7) is 1.67. The van der Waals surface area contributed by atoms with E-state index in [-0.39, 0.29) is 10.4 Å². The summed E-state index contributed by atoms with van der Waals surface area (Å²) < 4.78 is 0. The molecule has 0 aromatic carbocycles. The van der Waals surface area contributed by atoms with E-state index < -0.39 is 11.9 Å². The van der Waals surface area contributed by atoms with Crippen molar-refractivity contribution in [1.29, 1.82) is 0 Å². The number of carbonyl (C=O) groups is 2. The molecule has 0 atom stereocenters. The first-order valence-corrected chi connectivity index (χ1v) is 3.91. The number of hydrogen-bond donors (Lipinski definition) is 2. The molecule has 1 aromatic heterocycles. The van der Waals surface area contributed by atoms with Gasteiger partial charge in [0.15, 0.2) is 0 Å². The molecule has 2 N–H and O–H groups in total. The van der Waals surface area contributed by atoms with Crippen LogP contribution in [0.2, 0.25) is 0 Å². The first-order valence-electron chi connectivity index (χ1n) is 3.09. The summed E-state index contributed by atoms with van der Waals surface area (Å²) in [5, 5.41) is 17.1. The lowest BCUT2D eigenvalue weighted by atomic mass is 10.2. The molecule has 12 heavy (non-hydrogen) atoms. The minimum Gasteiger partial charge on any atom is -0.478 e. The average molecular weight is 186 g/mol. The number of carboxylic acids is 2. The van der Waals surface area contributed by atoms with Crippen LogP contribution in [0.15, 0.2) is 6.07 Å². The topological polar surface area (TPSA) is 74.6 Å². The molecule has 64 valence electrons. The van der Waals surface area contributed by atoms with E-state index in [1.807, 2.05) is 0 Å². The number of hydrogen-bond acceptors (Lipinski definition) is 3. The van der Waals surface area contributed by atoms with Crippen LogP contribution in [0.5, 0.6) is 0 Å². The molecule has 0 fully saturated rings. The summed E-state index contributed by atoms with van der Waals surface area (Å²) in [6.07, 6.45) is 0. The van der Waals surface area contributed by atoms with Gasteiger partial charge < -0.3 is 10.2 Å². The van der Waals surface area contributed by atoms with Crippen molar-refractivity contribution in [2.45, 2.75) is 6.92 Å². The molecule has 0 bridgehead atoms. The highest BCUT2D eigenvalue weighted by molar-refractivity contribution is 7.14. The highest BCUT2D eigenvalue weighted by Crippen LogP contribution is 2.21. The predicted molar refractivity (Wildman–Crippen MR) is 43.0 cm³/mol. The third-order valence-corrected chi connectivity index (χ3v) is 2.32. The molecular formula is C7H6O4S. The highest BCUT2D eigenvalue weighted by Gasteiger charge is 2.18. The number of carboxylic acid groups (broad SMARTS) is 2. The van der Waals surface area contributed by atoms with Gasteiger partial charge in [0.25, 0.3) is 0 Å². The van der Waals surface area contributed by atoms with Crippen LogP contribution < -0.4 is 0 Å². The second kappa shape index (κ2) is 2.94. The molecule has 0 aliphatic carbocycles. The van der Waals surface area contributed by atoms with Gasteiger partial charge in [-0.1, -0.05) is 0 Å². The second-order valence-corrected chi connectivity index (χ2v) is 3.47. The van der Waals surface area contributed by atoms with Gasteiger partial charge in [-0.25, -0.2) is 9.59 Å². The van der Waals surface area contributed by atoms with Gasteiger partial charge in [-0.2, -0.15) is 0 Å². The Morgan fingerprint density at radius 2 is 1.92 bits per heavy atom. The standard InChI is InChI=1S/C7H6O4S/c1-3-2-4(6(8)9)5(12-3)7(10)11/h2H,1H3,(H,8,9)(H,10,11). The van der Waals surface area contributed by atoms with Crippen LogP contribution in [-0.4, -0.2) is 22.2 Å². The first-order chi connectivity index (χ1) is 5.52. The molecule has 5 heteroatoms. The van der Waals surface area contributed by atoms with E-state index in [9.17, 15) is 9.59 Å². The van der Waals surface area contributed by atoms with Gasteiger partial charge in [-0.05, 0) is 13.0 Å². The van der Waals surface area contributed by atoms with Gasteiger partial charge in [-0.3, -0.25) is 0 Å². The zero-order chi connectivity index (χ0) is 9.30. The molecule has 0 spiro atoms. The molecule has 0 radical (unpaired) electrons. The number of rotatable bonds is 2. The lowest BCUT2D eigenvalue weighted by Crippen LogP contribution is -2.03. The van der Waals surface area contributed by atoms with E-state index in [1.165, 1.54) is 6.07 Å². The van der Waals surface area contributed by atoms with Crippen LogP contribution in [-0.2, 0) is 0 Å². The average Bonchev–Trinajstić information content (AvgIpc) is 2.31. The molecule has 0 saturated carbocycles. The van der Waals surface area contributed by atoms with Crippen molar-refractivity contribution < 1.29 is 19.8 Å². The summed E-state index contributed by atoms with van der Waals surface area (Å²) in [5.41, 5.74) is -0.134. The summed E-state index contributed by atoms with van der Waals surface area (Å²) in [7, 11) is 0. The summed E-state index contributed by atoms with van der Waals surface area (Å²) in [4.78, 5) is 21.5. The zero-order valence-corrected chi connectivity index (χ0v) is 7.01. The summed E-state index contributed by atoms with van der Waals surface area (Å²) in [6, 6.07) is 1.36. The zero-order valence-electron chi connectivity index (χ0n) is 6.20. The highest BCUT2D eigenvalue weighted by atomic mass is 32.1. The van der Waals surface area contributed by atoms with Crippen molar-refractivity contribution in [1.82, 2.24) is 0 Å². The van der Waals surface area contributed by atoms with E-state index in [1.54, 1.807) is 6.92 Å². The van der Waals surface area contributed by atoms with Crippen molar-refractivity contribution in [2.75, 3.05) is 0 Å². The van der Waals surface area contributed by atoms with E-state index in [0.717, 1.165) is 11.3 Å². The summed E-state index contributed by atoms with van der Waals surface area (Å²) in [5.74, 6) is -2.39. The molecule has 1 heterocycles. The van der Waals surface area contributed by atoms with E-state index in [2.05, 4.69) is 0 Å². The maximum Gasteiger partial charge on any atom is 0.346 e. The van der Waals surface area contributed by atoms with Gasteiger partial charge in [0.1, 0.15) is 4.88 Å². The molecule has 1 rings (SSSR count). The molecular weight excluding hydrogens is 180 g/mol. The lowest BCUT2D eigenvalue weighted by molar-refractivity contribution is 0.0656. The third kappa shape index (κ3) is 1.45. The van der Waals surface area contributed by atoms with Gasteiger partial charge in [-0.15, -0.1) is 11.3 Å². The van der Waals surface area contributed by atoms with Crippen LogP contribution in [0.1, 0.15) is 24.9 Å². The Hall–Kier alpha value is -1.36.